The van der Waals surface area contributed by atoms with E-state index in [2.05, 4.69) is 213 Å². The molecule has 2 heterocycles. The molecule has 0 saturated heterocycles. The number of rotatable bonds is 5. The molecule has 0 amide bonds. The number of nitrogens with one attached hydrogen (secondary N) is 2. The second-order valence-electron chi connectivity index (χ2n) is 17.1. The number of fused-ring (bicyclic) bond motifs is 6. The van der Waals surface area contributed by atoms with Crippen LogP contribution in [0, 0.1) is 0 Å². The molecule has 0 radical (unpaired) electrons. The van der Waals surface area contributed by atoms with Crippen LogP contribution in [0.2, 0.25) is 0 Å². The molecule has 2 N–H and O–H groups in total. The average Bonchev–Trinajstić information content (AvgIpc) is 3.83. The van der Waals surface area contributed by atoms with Crippen molar-refractivity contribution in [3.63, 3.8) is 0 Å². The van der Waals surface area contributed by atoms with Crippen molar-refractivity contribution in [2.45, 2.75) is 44.7 Å². The van der Waals surface area contributed by atoms with Crippen LogP contribution in [0.15, 0.2) is 181 Å². The summed E-state index contributed by atoms with van der Waals surface area (Å²) < 4.78 is 0. The largest absolute Gasteiger partial charge is 0.366 e. The molecule has 0 fully saturated rings. The van der Waals surface area contributed by atoms with E-state index in [-0.39, 0.29) is 17.0 Å². The fourth-order valence-corrected chi connectivity index (χ4v) is 10.1. The summed E-state index contributed by atoms with van der Waals surface area (Å²) in [6, 6.07) is 60.9. The zero-order chi connectivity index (χ0) is 38.5. The van der Waals surface area contributed by atoms with E-state index in [0.29, 0.717) is 0 Å². The lowest BCUT2D eigenvalue weighted by atomic mass is 9.82. The Hall–Kier alpha value is -6.58. The van der Waals surface area contributed by atoms with E-state index in [1.54, 1.807) is 0 Å². The zero-order valence-corrected chi connectivity index (χ0v) is 32.9. The monoisotopic (exact) mass is 735 g/mol. The summed E-state index contributed by atoms with van der Waals surface area (Å²) in [5, 5.41) is 7.85. The van der Waals surface area contributed by atoms with Crippen molar-refractivity contribution in [2.75, 3.05) is 11.4 Å². The molecular formula is C54H45N3. The first kappa shape index (κ1) is 33.7. The Balaban J connectivity index is 1.09. The van der Waals surface area contributed by atoms with Crippen LogP contribution in [0.5, 0.6) is 0 Å². The molecule has 0 saturated carbocycles. The van der Waals surface area contributed by atoms with Gasteiger partial charge in [0.25, 0.3) is 0 Å². The Morgan fingerprint density at radius 3 is 1.56 bits per heavy atom. The van der Waals surface area contributed by atoms with Gasteiger partial charge in [0.1, 0.15) is 12.0 Å². The summed E-state index contributed by atoms with van der Waals surface area (Å²) in [6.07, 6.45) is 2.19. The van der Waals surface area contributed by atoms with Crippen molar-refractivity contribution in [3.05, 3.63) is 215 Å². The third kappa shape index (κ3) is 5.18. The maximum atomic E-state index is 4.01. The average molecular weight is 736 g/mol. The minimum atomic E-state index is -0.141. The van der Waals surface area contributed by atoms with E-state index in [1.165, 1.54) is 83.5 Å². The van der Waals surface area contributed by atoms with Crippen LogP contribution >= 0.6 is 0 Å². The van der Waals surface area contributed by atoms with Gasteiger partial charge in [0.2, 0.25) is 0 Å². The molecule has 2 aliphatic heterocycles. The van der Waals surface area contributed by atoms with Gasteiger partial charge in [-0.25, -0.2) is 0 Å². The highest BCUT2D eigenvalue weighted by Crippen LogP contribution is 2.52. The van der Waals surface area contributed by atoms with Gasteiger partial charge in [-0.1, -0.05) is 149 Å². The molecule has 276 valence electrons. The van der Waals surface area contributed by atoms with Crippen LogP contribution in [-0.4, -0.2) is 6.54 Å². The number of allylic oxidation sites excluding steroid dienone is 1. The lowest BCUT2D eigenvalue weighted by Gasteiger charge is -2.31. The Labute approximate surface area is 336 Å². The summed E-state index contributed by atoms with van der Waals surface area (Å²) >= 11 is 0. The first-order valence-corrected chi connectivity index (χ1v) is 20.3. The molecule has 11 rings (SSSR count). The van der Waals surface area contributed by atoms with Crippen LogP contribution in [0.1, 0.15) is 67.2 Å². The SMILES string of the molecule is CC1(C)c2ccccc2-c2cc(-c3cc(-c4ccc5c(c4)-c4ccccc4C5(C)C)cc(C4NC5=C(NCC(c6ccccc6)=C5)N4c4ccccc4)c3)ccc21. The van der Waals surface area contributed by atoms with E-state index in [9.17, 15) is 0 Å². The predicted octanol–water partition coefficient (Wildman–Crippen LogP) is 12.6. The summed E-state index contributed by atoms with van der Waals surface area (Å²) in [4.78, 5) is 2.44. The van der Waals surface area contributed by atoms with Gasteiger partial charge in [0.15, 0.2) is 0 Å². The predicted molar refractivity (Wildman–Crippen MR) is 237 cm³/mol. The first-order valence-electron chi connectivity index (χ1n) is 20.3. The fraction of sp³-hybridized carbons (Fsp3) is 0.148. The standard InChI is InChI=1S/C54H45N3/c1-53(2)46-21-13-11-19-42(46)44-30-35(23-25-48(44)53)37-27-38(36-24-26-49-45(31-36)43-20-12-14-22-47(43)54(49,3)4)29-39(28-37)51-56-50-32-40(34-15-7-5-8-16-34)33-55-52(50)57(51)41-17-9-6-10-18-41/h5-32,51,55-56H,33H2,1-4H3. The van der Waals surface area contributed by atoms with Crippen molar-refractivity contribution in [3.8, 4) is 44.5 Å². The van der Waals surface area contributed by atoms with Gasteiger partial charge in [-0.3, -0.25) is 0 Å². The lowest BCUT2D eigenvalue weighted by Crippen LogP contribution is -2.34. The van der Waals surface area contributed by atoms with E-state index in [0.717, 1.165) is 23.8 Å². The zero-order valence-electron chi connectivity index (χ0n) is 32.9. The van der Waals surface area contributed by atoms with Gasteiger partial charge in [-0.15, -0.1) is 0 Å². The molecule has 57 heavy (non-hydrogen) atoms. The van der Waals surface area contributed by atoms with Crippen LogP contribution < -0.4 is 15.5 Å². The quantitative estimate of drug-likeness (QED) is 0.184. The molecule has 0 aromatic heterocycles. The summed E-state index contributed by atoms with van der Waals surface area (Å²) in [7, 11) is 0. The van der Waals surface area contributed by atoms with Crippen LogP contribution in [0.25, 0.3) is 50.1 Å². The smallest absolute Gasteiger partial charge is 0.132 e. The third-order valence-corrected chi connectivity index (χ3v) is 13.1. The molecule has 0 bridgehead atoms. The van der Waals surface area contributed by atoms with Gasteiger partial charge in [-0.2, -0.15) is 0 Å². The minimum absolute atomic E-state index is 0.0419. The van der Waals surface area contributed by atoms with Crippen molar-refractivity contribution in [1.82, 2.24) is 10.6 Å². The maximum Gasteiger partial charge on any atom is 0.132 e. The number of anilines is 1. The van der Waals surface area contributed by atoms with Crippen molar-refractivity contribution in [1.29, 1.82) is 0 Å². The van der Waals surface area contributed by atoms with Crippen LogP contribution in [-0.2, 0) is 10.8 Å². The molecule has 3 nitrogen and oxygen atoms in total. The van der Waals surface area contributed by atoms with Crippen molar-refractivity contribution in [2.24, 2.45) is 0 Å². The molecule has 4 aliphatic rings. The Morgan fingerprint density at radius 1 is 0.474 bits per heavy atom. The number of nitrogens with zero attached hydrogens (tertiary/aromatic N) is 1. The van der Waals surface area contributed by atoms with E-state index < -0.39 is 0 Å². The van der Waals surface area contributed by atoms with E-state index >= 15 is 0 Å². The molecule has 3 heteroatoms. The number of hydrogen-bond donors (Lipinski definition) is 2. The summed E-state index contributed by atoms with van der Waals surface area (Å²) in [5.41, 5.74) is 21.7. The minimum Gasteiger partial charge on any atom is -0.366 e. The Bertz CT molecular complexity index is 2700. The summed E-state index contributed by atoms with van der Waals surface area (Å²) in [6.45, 7) is 10.2. The van der Waals surface area contributed by atoms with Crippen molar-refractivity contribution >= 4 is 11.3 Å². The van der Waals surface area contributed by atoms with Crippen LogP contribution in [0.4, 0.5) is 5.69 Å². The van der Waals surface area contributed by atoms with Gasteiger partial charge in [0.05, 0.1) is 5.70 Å². The van der Waals surface area contributed by atoms with Gasteiger partial charge >= 0.3 is 0 Å². The number of benzene rings is 7. The second-order valence-corrected chi connectivity index (χ2v) is 17.1. The Morgan fingerprint density at radius 2 is 0.982 bits per heavy atom. The second kappa shape index (κ2) is 12.5. The fourth-order valence-electron chi connectivity index (χ4n) is 10.1. The molecule has 7 aromatic carbocycles. The molecule has 1 unspecified atom stereocenters. The molecule has 7 aromatic rings. The van der Waals surface area contributed by atoms with E-state index in [4.69, 9.17) is 0 Å². The van der Waals surface area contributed by atoms with Gasteiger partial charge < -0.3 is 15.5 Å². The van der Waals surface area contributed by atoms with E-state index in [1.807, 2.05) is 0 Å². The van der Waals surface area contributed by atoms with Gasteiger partial charge in [-0.05, 0) is 132 Å². The van der Waals surface area contributed by atoms with Crippen molar-refractivity contribution < 1.29 is 0 Å². The normalized spacial score (nSPS) is 17.8. The van der Waals surface area contributed by atoms with Gasteiger partial charge in [0, 0.05) is 23.1 Å². The summed E-state index contributed by atoms with van der Waals surface area (Å²) in [5.74, 6) is 1.10. The molecule has 1 atom stereocenters. The lowest BCUT2D eigenvalue weighted by molar-refractivity contribution is 0.642. The molecule has 2 aliphatic carbocycles. The number of hydrogen-bond acceptors (Lipinski definition) is 3. The Kier molecular flexibility index (Phi) is 7.38. The highest BCUT2D eigenvalue weighted by Gasteiger charge is 2.38. The highest BCUT2D eigenvalue weighted by molar-refractivity contribution is 5.88. The highest BCUT2D eigenvalue weighted by atomic mass is 15.4. The number of para-hydroxylation sites is 1. The van der Waals surface area contributed by atoms with Crippen LogP contribution in [0.3, 0.4) is 0 Å². The maximum absolute atomic E-state index is 4.01. The molecular weight excluding hydrogens is 691 g/mol. The molecule has 0 spiro atoms. The topological polar surface area (TPSA) is 27.3 Å². The third-order valence-electron chi connectivity index (χ3n) is 13.1. The number of dihydropyridines is 1. The first-order chi connectivity index (χ1) is 27.8.